The van der Waals surface area contributed by atoms with E-state index in [-0.39, 0.29) is 39.6 Å². The van der Waals surface area contributed by atoms with Gasteiger partial charge in [-0.1, -0.05) is 41.0 Å². The molecule has 0 amide bonds. The predicted molar refractivity (Wildman–Crippen MR) is 269 cm³/mol. The molecule has 0 radical (unpaired) electrons. The van der Waals surface area contributed by atoms with Crippen molar-refractivity contribution in [2.24, 2.45) is 10.8 Å². The molecule has 2 aromatic carbocycles. The van der Waals surface area contributed by atoms with Crippen molar-refractivity contribution in [3.63, 3.8) is 0 Å². The number of carbonyl (C=O) groups excluding carboxylic acids is 2. The van der Waals surface area contributed by atoms with Crippen LogP contribution >= 0.6 is 0 Å². The molecular formula is C54H67N9O5. The second-order valence-corrected chi connectivity index (χ2v) is 21.9. The highest BCUT2D eigenvalue weighted by molar-refractivity contribution is 6.01. The van der Waals surface area contributed by atoms with Gasteiger partial charge in [-0.05, 0) is 130 Å². The van der Waals surface area contributed by atoms with Crippen molar-refractivity contribution < 1.29 is 14.7 Å². The Morgan fingerprint density at radius 3 is 1.57 bits per heavy atom. The summed E-state index contributed by atoms with van der Waals surface area (Å²) >= 11 is 0. The molecule has 14 nitrogen and oxygen atoms in total. The minimum absolute atomic E-state index is 0.0774. The summed E-state index contributed by atoms with van der Waals surface area (Å²) in [5.41, 5.74) is 9.53. The first-order chi connectivity index (χ1) is 32.5. The van der Waals surface area contributed by atoms with Gasteiger partial charge >= 0.3 is 0 Å². The van der Waals surface area contributed by atoms with Crippen molar-refractivity contribution >= 4 is 44.5 Å². The van der Waals surface area contributed by atoms with E-state index in [4.69, 9.17) is 10.2 Å². The van der Waals surface area contributed by atoms with Crippen LogP contribution in [0, 0.1) is 24.7 Å². The third kappa shape index (κ3) is 8.63. The van der Waals surface area contributed by atoms with E-state index >= 15 is 0 Å². The van der Waals surface area contributed by atoms with Gasteiger partial charge in [0.1, 0.15) is 0 Å². The summed E-state index contributed by atoms with van der Waals surface area (Å²) in [7, 11) is 0. The van der Waals surface area contributed by atoms with Gasteiger partial charge in [0.25, 0.3) is 11.1 Å². The monoisotopic (exact) mass is 922 g/mol. The van der Waals surface area contributed by atoms with Crippen molar-refractivity contribution in [1.29, 1.82) is 0 Å². The number of rotatable bonds is 11. The number of ketones is 2. The fraction of sp³-hybridized carbons (Fsp3) is 0.519. The van der Waals surface area contributed by atoms with Crippen LogP contribution in [0.2, 0.25) is 0 Å². The molecule has 68 heavy (non-hydrogen) atoms. The average Bonchev–Trinajstić information content (AvgIpc) is 3.79. The Labute approximate surface area is 397 Å². The number of hydrogen-bond donors (Lipinski definition) is 3. The number of aromatic amines is 2. The van der Waals surface area contributed by atoms with Crippen molar-refractivity contribution in [2.75, 3.05) is 55.6 Å². The molecule has 3 N–H and O–H groups in total. The quantitative estimate of drug-likeness (QED) is 0.110. The number of fused-ring (bicyclic) bond motifs is 4. The van der Waals surface area contributed by atoms with E-state index in [0.29, 0.717) is 49.5 Å². The summed E-state index contributed by atoms with van der Waals surface area (Å²) in [4.78, 5) is 68.1. The SMILES string of the molecule is CCCc1cc2cc(-n3nc(C)c4c3CC(C)(C)CC4=O)cc(N3CCN(CCCCc4cc5cc(-n6nc(C)c7c6CC(C)(C)CC7=O)cc(N6CCC(O)CC6)c5c(=O)[nH]4)CC3)c2c(=O)[nH]1. The first-order valence-corrected chi connectivity index (χ1v) is 25.0. The predicted octanol–water partition coefficient (Wildman–Crippen LogP) is 7.73. The molecule has 6 heterocycles. The fourth-order valence-corrected chi connectivity index (χ4v) is 11.8. The number of aryl methyl sites for hydroxylation is 4. The van der Waals surface area contributed by atoms with Crippen LogP contribution in [0.3, 0.4) is 0 Å². The number of piperidine rings is 1. The molecule has 0 atom stereocenters. The normalized spacial score (nSPS) is 18.8. The van der Waals surface area contributed by atoms with Gasteiger partial charge in [0.2, 0.25) is 0 Å². The van der Waals surface area contributed by atoms with Gasteiger partial charge in [-0.2, -0.15) is 10.2 Å². The third-order valence-electron chi connectivity index (χ3n) is 15.1. The lowest BCUT2D eigenvalue weighted by atomic mass is 9.75. The third-order valence-corrected chi connectivity index (χ3v) is 15.1. The van der Waals surface area contributed by atoms with E-state index in [1.165, 1.54) is 0 Å². The van der Waals surface area contributed by atoms with Gasteiger partial charge in [0, 0.05) is 63.5 Å². The number of aliphatic hydroxyl groups is 1. The molecule has 6 aromatic rings. The first kappa shape index (κ1) is 45.9. The maximum Gasteiger partial charge on any atom is 0.258 e. The molecular weight excluding hydrogens is 855 g/mol. The van der Waals surface area contributed by atoms with Gasteiger partial charge in [-0.25, -0.2) is 9.36 Å². The lowest BCUT2D eigenvalue weighted by Crippen LogP contribution is -2.47. The van der Waals surface area contributed by atoms with Gasteiger partial charge in [-0.3, -0.25) is 24.1 Å². The van der Waals surface area contributed by atoms with Crippen molar-refractivity contribution in [3.05, 3.63) is 102 Å². The molecule has 2 aliphatic heterocycles. The highest BCUT2D eigenvalue weighted by Gasteiger charge is 2.38. The molecule has 0 bridgehead atoms. The number of Topliss-reactive ketones (excluding diaryl/α,β-unsaturated/α-hetero) is 2. The summed E-state index contributed by atoms with van der Waals surface area (Å²) < 4.78 is 3.89. The van der Waals surface area contributed by atoms with E-state index in [2.05, 4.69) is 89.6 Å². The number of nitrogens with zero attached hydrogens (tertiary/aromatic N) is 7. The summed E-state index contributed by atoms with van der Waals surface area (Å²) in [5, 5.41) is 23.3. The van der Waals surface area contributed by atoms with Crippen LogP contribution in [-0.2, 0) is 25.7 Å². The number of aliphatic hydroxyl groups excluding tert-OH is 1. The maximum absolute atomic E-state index is 14.1. The molecule has 358 valence electrons. The van der Waals surface area contributed by atoms with Crippen LogP contribution in [-0.4, -0.2) is 103 Å². The zero-order valence-electron chi connectivity index (χ0n) is 41.0. The second-order valence-electron chi connectivity index (χ2n) is 21.9. The number of nitrogens with one attached hydrogen (secondary N) is 2. The topological polar surface area (TPSA) is 165 Å². The van der Waals surface area contributed by atoms with Crippen LogP contribution in [0.1, 0.15) is 134 Å². The Bertz CT molecular complexity index is 3100. The van der Waals surface area contributed by atoms with Crippen LogP contribution in [0.5, 0.6) is 0 Å². The minimum Gasteiger partial charge on any atom is -0.393 e. The van der Waals surface area contributed by atoms with Crippen LogP contribution in [0.15, 0.2) is 46.0 Å². The van der Waals surface area contributed by atoms with Crippen molar-refractivity contribution in [1.82, 2.24) is 34.4 Å². The molecule has 2 saturated heterocycles. The molecule has 10 rings (SSSR count). The second kappa shape index (κ2) is 17.6. The highest BCUT2D eigenvalue weighted by Crippen LogP contribution is 2.40. The van der Waals surface area contributed by atoms with E-state index < -0.39 is 0 Å². The number of hydrogen-bond acceptors (Lipinski definition) is 10. The molecule has 0 saturated carbocycles. The molecule has 4 aromatic heterocycles. The van der Waals surface area contributed by atoms with E-state index in [9.17, 15) is 24.3 Å². The van der Waals surface area contributed by atoms with Gasteiger partial charge < -0.3 is 24.9 Å². The first-order valence-electron chi connectivity index (χ1n) is 25.0. The Hall–Kier alpha value is -5.86. The van der Waals surface area contributed by atoms with Crippen LogP contribution in [0.25, 0.3) is 32.9 Å². The van der Waals surface area contributed by atoms with E-state index in [1.807, 2.05) is 29.3 Å². The fourth-order valence-electron chi connectivity index (χ4n) is 11.8. The molecule has 4 aliphatic rings. The van der Waals surface area contributed by atoms with Gasteiger partial charge in [-0.15, -0.1) is 0 Å². The number of aromatic nitrogens is 6. The zero-order chi connectivity index (χ0) is 47.8. The Balaban J connectivity index is 0.866. The average molecular weight is 922 g/mol. The summed E-state index contributed by atoms with van der Waals surface area (Å²) in [5.74, 6) is 0.276. The van der Waals surface area contributed by atoms with Crippen LogP contribution < -0.4 is 20.9 Å². The molecule has 0 unspecified atom stereocenters. The summed E-state index contributed by atoms with van der Waals surface area (Å²) in [6.07, 6.45) is 7.68. The smallest absolute Gasteiger partial charge is 0.258 e. The number of benzene rings is 2. The molecule has 2 fully saturated rings. The number of piperazine rings is 1. The standard InChI is InChI=1S/C54H67N9O5/c1-8-11-36-22-34-24-39(63-44-29-54(6,7)31-46(66)48(44)33(3)58-63)27-42(50(34)51(67)55-36)61-20-18-59(19-21-61)15-10-9-12-37-23-35-25-38(62-43-28-53(4,5)30-45(65)47(43)32(2)57-62)26-41(49(35)52(68)56-37)60-16-13-40(64)14-17-60/h22-27,40,64H,8-21,28-31H2,1-7H3,(H,55,67)(H,56,68). The number of carbonyl (C=O) groups is 2. The number of unbranched alkanes of at least 4 members (excludes halogenated alkanes) is 1. The largest absolute Gasteiger partial charge is 0.393 e. The van der Waals surface area contributed by atoms with Gasteiger partial charge in [0.15, 0.2) is 11.6 Å². The minimum atomic E-state index is -0.351. The lowest BCUT2D eigenvalue weighted by molar-refractivity contribution is 0.0900. The van der Waals surface area contributed by atoms with Crippen molar-refractivity contribution in [2.45, 2.75) is 125 Å². The van der Waals surface area contributed by atoms with E-state index in [0.717, 1.165) is 156 Å². The number of H-pyrrole nitrogens is 2. The van der Waals surface area contributed by atoms with E-state index in [1.54, 1.807) is 0 Å². The highest BCUT2D eigenvalue weighted by atomic mass is 16.3. The van der Waals surface area contributed by atoms with Crippen molar-refractivity contribution in [3.8, 4) is 11.4 Å². The number of anilines is 2. The lowest BCUT2D eigenvalue weighted by Gasteiger charge is -2.37. The number of pyridine rings is 2. The molecule has 2 aliphatic carbocycles. The van der Waals surface area contributed by atoms with Gasteiger partial charge in [0.05, 0.1) is 73.5 Å². The summed E-state index contributed by atoms with van der Waals surface area (Å²) in [6, 6.07) is 12.5. The Kier molecular flexibility index (Phi) is 11.9. The molecule has 0 spiro atoms. The maximum atomic E-state index is 14.1. The zero-order valence-corrected chi connectivity index (χ0v) is 41.0. The Morgan fingerprint density at radius 1 is 0.618 bits per heavy atom. The summed E-state index contributed by atoms with van der Waals surface area (Å²) in [6.45, 7) is 19.9. The molecule has 14 heteroatoms. The Morgan fingerprint density at radius 2 is 1.09 bits per heavy atom. The van der Waals surface area contributed by atoms with Crippen LogP contribution in [0.4, 0.5) is 11.4 Å².